The van der Waals surface area contributed by atoms with E-state index < -0.39 is 0 Å². The predicted molar refractivity (Wildman–Crippen MR) is 46.5 cm³/mol. The zero-order valence-corrected chi connectivity index (χ0v) is 6.83. The van der Waals surface area contributed by atoms with Gasteiger partial charge in [-0.2, -0.15) is 5.26 Å². The van der Waals surface area contributed by atoms with Crippen LogP contribution in [0, 0.1) is 11.3 Å². The number of aliphatic hydroxyl groups is 1. The van der Waals surface area contributed by atoms with Crippen LogP contribution in [0.4, 0.5) is 0 Å². The third-order valence-electron chi connectivity index (χ3n) is 1.71. The van der Waals surface area contributed by atoms with Crippen LogP contribution in [0.15, 0.2) is 24.3 Å². The lowest BCUT2D eigenvalue weighted by atomic mass is 10.1. The summed E-state index contributed by atoms with van der Waals surface area (Å²) in [6, 6.07) is 9.83. The number of hydrogen-bond donors (Lipinski definition) is 1. The molecule has 0 aliphatic heterocycles. The summed E-state index contributed by atoms with van der Waals surface area (Å²) >= 11 is 0. The van der Waals surface area contributed by atoms with E-state index in [2.05, 4.69) is 6.07 Å². The van der Waals surface area contributed by atoms with Crippen molar-refractivity contribution >= 4 is 0 Å². The maximum Gasteiger partial charge on any atom is 0.0669 e. The third-order valence-corrected chi connectivity index (χ3v) is 1.71. The van der Waals surface area contributed by atoms with Crippen molar-refractivity contribution in [1.29, 1.82) is 5.26 Å². The molecule has 0 atom stereocenters. The van der Waals surface area contributed by atoms with Gasteiger partial charge in [-0.3, -0.25) is 0 Å². The number of rotatable bonds is 3. The van der Waals surface area contributed by atoms with Crippen molar-refractivity contribution in [3.63, 3.8) is 0 Å². The number of aliphatic hydroxyl groups excluding tert-OH is 1. The number of benzene rings is 1. The van der Waals surface area contributed by atoms with E-state index in [-0.39, 0.29) is 6.61 Å². The first kappa shape index (κ1) is 8.76. The van der Waals surface area contributed by atoms with Gasteiger partial charge >= 0.3 is 0 Å². The van der Waals surface area contributed by atoms with E-state index in [1.807, 2.05) is 24.3 Å². The SMILES string of the molecule is N#CCc1ccc(CCO)cc1. The average molecular weight is 161 g/mol. The molecule has 1 aromatic carbocycles. The minimum Gasteiger partial charge on any atom is -0.396 e. The second-order valence-corrected chi connectivity index (χ2v) is 2.62. The van der Waals surface area contributed by atoms with Crippen LogP contribution >= 0.6 is 0 Å². The molecule has 1 aromatic rings. The molecule has 12 heavy (non-hydrogen) atoms. The van der Waals surface area contributed by atoms with E-state index in [4.69, 9.17) is 10.4 Å². The molecular weight excluding hydrogens is 150 g/mol. The fourth-order valence-corrected chi connectivity index (χ4v) is 1.04. The van der Waals surface area contributed by atoms with Gasteiger partial charge in [0.25, 0.3) is 0 Å². The Bertz CT molecular complexity index is 271. The summed E-state index contributed by atoms with van der Waals surface area (Å²) < 4.78 is 0. The smallest absolute Gasteiger partial charge is 0.0669 e. The number of nitriles is 1. The number of hydrogen-bond acceptors (Lipinski definition) is 2. The van der Waals surface area contributed by atoms with Gasteiger partial charge in [-0.15, -0.1) is 0 Å². The Labute approximate surface area is 72.1 Å². The molecule has 0 aliphatic rings. The summed E-state index contributed by atoms with van der Waals surface area (Å²) in [6.07, 6.45) is 1.15. The third kappa shape index (κ3) is 2.37. The van der Waals surface area contributed by atoms with Crippen molar-refractivity contribution in [3.05, 3.63) is 35.4 Å². The van der Waals surface area contributed by atoms with Crippen LogP contribution in [0.2, 0.25) is 0 Å². The van der Waals surface area contributed by atoms with Gasteiger partial charge in [0.1, 0.15) is 0 Å². The summed E-state index contributed by atoms with van der Waals surface area (Å²) in [4.78, 5) is 0. The monoisotopic (exact) mass is 161 g/mol. The largest absolute Gasteiger partial charge is 0.396 e. The Morgan fingerprint density at radius 1 is 1.17 bits per heavy atom. The lowest BCUT2D eigenvalue weighted by Gasteiger charge is -1.98. The molecule has 0 aliphatic carbocycles. The van der Waals surface area contributed by atoms with Crippen LogP contribution in [-0.4, -0.2) is 11.7 Å². The standard InChI is InChI=1S/C10H11NO/c11-7-5-9-1-3-10(4-2-9)6-8-12/h1-4,12H,5-6,8H2. The molecule has 0 radical (unpaired) electrons. The second kappa shape index (κ2) is 4.53. The molecule has 0 spiro atoms. The highest BCUT2D eigenvalue weighted by Gasteiger charge is 1.92. The Morgan fingerprint density at radius 2 is 1.75 bits per heavy atom. The molecule has 0 bridgehead atoms. The van der Waals surface area contributed by atoms with Crippen LogP contribution in [0.1, 0.15) is 11.1 Å². The van der Waals surface area contributed by atoms with Crippen molar-refractivity contribution < 1.29 is 5.11 Å². The van der Waals surface area contributed by atoms with Crippen molar-refractivity contribution in [3.8, 4) is 6.07 Å². The van der Waals surface area contributed by atoms with Crippen molar-refractivity contribution in [1.82, 2.24) is 0 Å². The highest BCUT2D eigenvalue weighted by atomic mass is 16.2. The first-order chi connectivity index (χ1) is 5.86. The molecule has 2 heteroatoms. The molecule has 0 amide bonds. The first-order valence-corrected chi connectivity index (χ1v) is 3.92. The highest BCUT2D eigenvalue weighted by Crippen LogP contribution is 2.04. The van der Waals surface area contributed by atoms with E-state index in [9.17, 15) is 0 Å². The summed E-state index contributed by atoms with van der Waals surface area (Å²) in [5.41, 5.74) is 2.14. The minimum absolute atomic E-state index is 0.178. The lowest BCUT2D eigenvalue weighted by molar-refractivity contribution is 0.299. The molecule has 1 rings (SSSR count). The van der Waals surface area contributed by atoms with Crippen molar-refractivity contribution in [2.24, 2.45) is 0 Å². The average Bonchev–Trinajstić information content (AvgIpc) is 2.09. The molecule has 62 valence electrons. The van der Waals surface area contributed by atoms with Crippen LogP contribution in [0.5, 0.6) is 0 Å². The Morgan fingerprint density at radius 3 is 2.25 bits per heavy atom. The normalized spacial score (nSPS) is 9.33. The van der Waals surface area contributed by atoms with Crippen LogP contribution in [0.25, 0.3) is 0 Å². The van der Waals surface area contributed by atoms with E-state index in [1.54, 1.807) is 0 Å². The Kier molecular flexibility index (Phi) is 3.31. The van der Waals surface area contributed by atoms with Crippen LogP contribution in [0.3, 0.4) is 0 Å². The van der Waals surface area contributed by atoms with Gasteiger partial charge in [-0.1, -0.05) is 24.3 Å². The topological polar surface area (TPSA) is 44.0 Å². The summed E-state index contributed by atoms with van der Waals surface area (Å²) in [6.45, 7) is 0.178. The van der Waals surface area contributed by atoms with Gasteiger partial charge in [0, 0.05) is 6.61 Å². The molecule has 0 saturated heterocycles. The fraction of sp³-hybridized carbons (Fsp3) is 0.300. The van der Waals surface area contributed by atoms with E-state index in [0.29, 0.717) is 12.8 Å². The molecule has 0 saturated carbocycles. The molecular formula is C10H11NO. The summed E-state index contributed by atoms with van der Waals surface area (Å²) in [7, 11) is 0. The predicted octanol–water partition coefficient (Wildman–Crippen LogP) is 1.29. The van der Waals surface area contributed by atoms with Gasteiger partial charge < -0.3 is 5.11 Å². The Balaban J connectivity index is 2.66. The molecule has 1 N–H and O–H groups in total. The number of nitrogens with zero attached hydrogens (tertiary/aromatic N) is 1. The van der Waals surface area contributed by atoms with Crippen LogP contribution < -0.4 is 0 Å². The molecule has 0 heterocycles. The van der Waals surface area contributed by atoms with Crippen LogP contribution in [-0.2, 0) is 12.8 Å². The first-order valence-electron chi connectivity index (χ1n) is 3.92. The minimum atomic E-state index is 0.178. The van der Waals surface area contributed by atoms with Gasteiger partial charge in [0.2, 0.25) is 0 Å². The van der Waals surface area contributed by atoms with Gasteiger partial charge in [0.15, 0.2) is 0 Å². The second-order valence-electron chi connectivity index (χ2n) is 2.62. The molecule has 0 unspecified atom stereocenters. The van der Waals surface area contributed by atoms with E-state index in [1.165, 1.54) is 0 Å². The zero-order valence-electron chi connectivity index (χ0n) is 6.83. The maximum atomic E-state index is 8.64. The summed E-state index contributed by atoms with van der Waals surface area (Å²) in [5.74, 6) is 0. The van der Waals surface area contributed by atoms with Gasteiger partial charge in [-0.05, 0) is 17.5 Å². The molecule has 0 aromatic heterocycles. The Hall–Kier alpha value is -1.33. The van der Waals surface area contributed by atoms with Crippen molar-refractivity contribution in [2.45, 2.75) is 12.8 Å². The van der Waals surface area contributed by atoms with Gasteiger partial charge in [0.05, 0.1) is 12.5 Å². The van der Waals surface area contributed by atoms with Crippen molar-refractivity contribution in [2.75, 3.05) is 6.61 Å². The zero-order chi connectivity index (χ0) is 8.81. The fourth-order valence-electron chi connectivity index (χ4n) is 1.04. The van der Waals surface area contributed by atoms with E-state index >= 15 is 0 Å². The van der Waals surface area contributed by atoms with Gasteiger partial charge in [-0.25, -0.2) is 0 Å². The van der Waals surface area contributed by atoms with E-state index in [0.717, 1.165) is 11.1 Å². The molecule has 0 fully saturated rings. The summed E-state index contributed by atoms with van der Waals surface area (Å²) in [5, 5.41) is 17.0. The quantitative estimate of drug-likeness (QED) is 0.725. The maximum absolute atomic E-state index is 8.64. The molecule has 2 nitrogen and oxygen atoms in total. The highest BCUT2D eigenvalue weighted by molar-refractivity contribution is 5.24. The lowest BCUT2D eigenvalue weighted by Crippen LogP contribution is -1.90.